The van der Waals surface area contributed by atoms with E-state index in [-0.39, 0.29) is 5.92 Å². The normalized spacial score (nSPS) is 12.2. The Morgan fingerprint density at radius 1 is 1.40 bits per heavy atom. The van der Waals surface area contributed by atoms with Gasteiger partial charge in [0.1, 0.15) is 0 Å². The van der Waals surface area contributed by atoms with Crippen LogP contribution in [0.3, 0.4) is 0 Å². The van der Waals surface area contributed by atoms with Crippen LogP contribution < -0.4 is 0 Å². The van der Waals surface area contributed by atoms with Gasteiger partial charge >= 0.3 is 0 Å². The molecule has 2 aromatic rings. The number of carbonyl (C=O) groups excluding carboxylic acids is 1. The van der Waals surface area contributed by atoms with Crippen molar-refractivity contribution in [1.82, 2.24) is 9.78 Å². The van der Waals surface area contributed by atoms with E-state index in [0.717, 1.165) is 29.7 Å². The molecule has 0 radical (unpaired) electrons. The number of rotatable bonds is 5. The van der Waals surface area contributed by atoms with Crippen molar-refractivity contribution in [3.05, 3.63) is 59.4 Å². The van der Waals surface area contributed by atoms with Gasteiger partial charge in [0.15, 0.2) is 6.29 Å². The molecule has 0 aliphatic heterocycles. The van der Waals surface area contributed by atoms with Gasteiger partial charge in [0, 0.05) is 12.1 Å². The molecule has 0 aliphatic carbocycles. The topological polar surface area (TPSA) is 34.9 Å². The van der Waals surface area contributed by atoms with E-state index in [1.807, 2.05) is 12.1 Å². The summed E-state index contributed by atoms with van der Waals surface area (Å²) in [5.74, 6) is 0.194. The molecule has 1 aromatic heterocycles. The Hall–Kier alpha value is -2.16. The Balaban J connectivity index is 2.48. The standard InChI is InChI=1S/C17H20N2O/c1-5-6-13(3)17-15(11-20)10-19(18-17)16-8-7-12(2)9-14(16)4/h5,7-11,13H,1,6H2,2-4H3. The van der Waals surface area contributed by atoms with Crippen LogP contribution in [0.4, 0.5) is 0 Å². The van der Waals surface area contributed by atoms with Crippen LogP contribution in [0, 0.1) is 13.8 Å². The van der Waals surface area contributed by atoms with E-state index in [0.29, 0.717) is 5.56 Å². The molecule has 0 saturated carbocycles. The smallest absolute Gasteiger partial charge is 0.153 e. The Morgan fingerprint density at radius 3 is 2.75 bits per heavy atom. The first-order valence-electron chi connectivity index (χ1n) is 6.80. The van der Waals surface area contributed by atoms with E-state index in [1.165, 1.54) is 5.56 Å². The monoisotopic (exact) mass is 268 g/mol. The number of hydrogen-bond donors (Lipinski definition) is 0. The molecule has 3 heteroatoms. The minimum Gasteiger partial charge on any atom is -0.298 e. The molecule has 0 saturated heterocycles. The number of nitrogens with zero attached hydrogens (tertiary/aromatic N) is 2. The lowest BCUT2D eigenvalue weighted by atomic mass is 10.0. The van der Waals surface area contributed by atoms with Crippen LogP contribution >= 0.6 is 0 Å². The quantitative estimate of drug-likeness (QED) is 0.607. The molecule has 20 heavy (non-hydrogen) atoms. The molecular weight excluding hydrogens is 248 g/mol. The molecule has 0 spiro atoms. The van der Waals surface area contributed by atoms with E-state index < -0.39 is 0 Å². The summed E-state index contributed by atoms with van der Waals surface area (Å²) in [7, 11) is 0. The third-order valence-electron chi connectivity index (χ3n) is 3.49. The van der Waals surface area contributed by atoms with Crippen LogP contribution in [0.2, 0.25) is 0 Å². The fourth-order valence-electron chi connectivity index (χ4n) is 2.42. The zero-order chi connectivity index (χ0) is 14.7. The first-order valence-corrected chi connectivity index (χ1v) is 6.80. The van der Waals surface area contributed by atoms with Crippen molar-refractivity contribution in [3.63, 3.8) is 0 Å². The van der Waals surface area contributed by atoms with Crippen molar-refractivity contribution in [3.8, 4) is 5.69 Å². The second-order valence-electron chi connectivity index (χ2n) is 5.25. The molecule has 0 aliphatic rings. The molecule has 0 N–H and O–H groups in total. The fraction of sp³-hybridized carbons (Fsp3) is 0.294. The highest BCUT2D eigenvalue weighted by atomic mass is 16.1. The van der Waals surface area contributed by atoms with Crippen molar-refractivity contribution >= 4 is 6.29 Å². The van der Waals surface area contributed by atoms with Gasteiger partial charge in [-0.3, -0.25) is 4.79 Å². The lowest BCUT2D eigenvalue weighted by Gasteiger charge is -2.08. The Bertz CT molecular complexity index is 640. The van der Waals surface area contributed by atoms with E-state index in [9.17, 15) is 4.79 Å². The van der Waals surface area contributed by atoms with Crippen LogP contribution in [-0.4, -0.2) is 16.1 Å². The summed E-state index contributed by atoms with van der Waals surface area (Å²) in [6.07, 6.45) is 5.35. The van der Waals surface area contributed by atoms with Gasteiger partial charge in [-0.15, -0.1) is 6.58 Å². The van der Waals surface area contributed by atoms with Crippen molar-refractivity contribution in [2.24, 2.45) is 0 Å². The maximum Gasteiger partial charge on any atom is 0.153 e. The Labute approximate surface area is 119 Å². The van der Waals surface area contributed by atoms with Crippen molar-refractivity contribution in [1.29, 1.82) is 0 Å². The number of aldehydes is 1. The highest BCUT2D eigenvalue weighted by Crippen LogP contribution is 2.23. The summed E-state index contributed by atoms with van der Waals surface area (Å²) in [4.78, 5) is 11.2. The third kappa shape index (κ3) is 2.72. The number of aryl methyl sites for hydroxylation is 2. The predicted octanol–water partition coefficient (Wildman–Crippen LogP) is 3.98. The van der Waals surface area contributed by atoms with Gasteiger partial charge < -0.3 is 0 Å². The highest BCUT2D eigenvalue weighted by molar-refractivity contribution is 5.76. The van der Waals surface area contributed by atoms with Crippen molar-refractivity contribution < 1.29 is 4.79 Å². The number of aromatic nitrogens is 2. The Kier molecular flexibility index (Phi) is 4.18. The summed E-state index contributed by atoms with van der Waals surface area (Å²) in [5.41, 5.74) is 4.86. The maximum absolute atomic E-state index is 11.2. The number of hydrogen-bond acceptors (Lipinski definition) is 2. The van der Waals surface area contributed by atoms with Crippen LogP contribution in [0.1, 0.15) is 46.4 Å². The SMILES string of the molecule is C=CCC(C)c1nn(-c2ccc(C)cc2C)cc1C=O. The molecule has 0 fully saturated rings. The zero-order valence-electron chi connectivity index (χ0n) is 12.3. The van der Waals surface area contributed by atoms with Crippen LogP contribution in [0.15, 0.2) is 37.1 Å². The van der Waals surface area contributed by atoms with Crippen LogP contribution in [0.5, 0.6) is 0 Å². The second kappa shape index (κ2) is 5.87. The minimum absolute atomic E-state index is 0.194. The van der Waals surface area contributed by atoms with Gasteiger partial charge in [0.2, 0.25) is 0 Å². The van der Waals surface area contributed by atoms with Crippen LogP contribution in [0.25, 0.3) is 5.69 Å². The summed E-state index contributed by atoms with van der Waals surface area (Å²) >= 11 is 0. The molecule has 2 rings (SSSR count). The lowest BCUT2D eigenvalue weighted by Crippen LogP contribution is -2.01. The first-order chi connectivity index (χ1) is 9.56. The molecule has 1 unspecified atom stereocenters. The van der Waals surface area contributed by atoms with Gasteiger partial charge in [-0.05, 0) is 31.9 Å². The van der Waals surface area contributed by atoms with E-state index >= 15 is 0 Å². The Morgan fingerprint density at radius 2 is 2.15 bits per heavy atom. The number of benzene rings is 1. The predicted molar refractivity (Wildman–Crippen MR) is 81.7 cm³/mol. The minimum atomic E-state index is 0.194. The summed E-state index contributed by atoms with van der Waals surface area (Å²) in [5, 5.41) is 4.60. The molecule has 1 atom stereocenters. The molecular formula is C17H20N2O. The van der Waals surface area contributed by atoms with Gasteiger partial charge in [-0.1, -0.05) is 30.7 Å². The van der Waals surface area contributed by atoms with Crippen molar-refractivity contribution in [2.75, 3.05) is 0 Å². The van der Waals surface area contributed by atoms with E-state index in [4.69, 9.17) is 0 Å². The van der Waals surface area contributed by atoms with Gasteiger partial charge in [0.25, 0.3) is 0 Å². The maximum atomic E-state index is 11.2. The molecule has 1 aromatic carbocycles. The van der Waals surface area contributed by atoms with Gasteiger partial charge in [-0.25, -0.2) is 4.68 Å². The van der Waals surface area contributed by atoms with E-state index in [1.54, 1.807) is 10.9 Å². The fourth-order valence-corrected chi connectivity index (χ4v) is 2.42. The van der Waals surface area contributed by atoms with Gasteiger partial charge in [0.05, 0.1) is 16.9 Å². The molecule has 104 valence electrons. The third-order valence-corrected chi connectivity index (χ3v) is 3.49. The lowest BCUT2D eigenvalue weighted by molar-refractivity contribution is 0.112. The highest BCUT2D eigenvalue weighted by Gasteiger charge is 2.15. The zero-order valence-corrected chi connectivity index (χ0v) is 12.3. The first kappa shape index (κ1) is 14.3. The molecule has 0 bridgehead atoms. The average Bonchev–Trinajstić information content (AvgIpc) is 2.83. The van der Waals surface area contributed by atoms with E-state index in [2.05, 4.69) is 44.6 Å². The summed E-state index contributed by atoms with van der Waals surface area (Å²) in [6.45, 7) is 9.92. The summed E-state index contributed by atoms with van der Waals surface area (Å²) in [6, 6.07) is 6.20. The molecule has 3 nitrogen and oxygen atoms in total. The second-order valence-corrected chi connectivity index (χ2v) is 5.25. The van der Waals surface area contributed by atoms with Crippen molar-refractivity contribution in [2.45, 2.75) is 33.1 Å². The summed E-state index contributed by atoms with van der Waals surface area (Å²) < 4.78 is 1.80. The average molecular weight is 268 g/mol. The largest absolute Gasteiger partial charge is 0.298 e. The number of carbonyl (C=O) groups is 1. The molecule has 1 heterocycles. The molecule has 0 amide bonds. The number of allylic oxidation sites excluding steroid dienone is 1. The van der Waals surface area contributed by atoms with Gasteiger partial charge in [-0.2, -0.15) is 5.10 Å². The van der Waals surface area contributed by atoms with Crippen LogP contribution in [-0.2, 0) is 0 Å².